The van der Waals surface area contributed by atoms with Gasteiger partial charge in [0.1, 0.15) is 10.7 Å². The molecule has 0 atom stereocenters. The number of carbonyl (C=O) groups excluding carboxylic acids is 5. The van der Waals surface area contributed by atoms with Crippen molar-refractivity contribution in [2.45, 2.75) is 11.8 Å². The van der Waals surface area contributed by atoms with Crippen LogP contribution in [0.25, 0.3) is 17.0 Å². The minimum atomic E-state index is -0.679. The molecule has 0 spiro atoms. The molecule has 0 saturated carbocycles. The molecule has 11 nitrogen and oxygen atoms in total. The minimum absolute atomic E-state index is 0.0329. The van der Waals surface area contributed by atoms with E-state index in [9.17, 15) is 24.0 Å². The average Bonchev–Trinajstić information content (AvgIpc) is 3.74. The Morgan fingerprint density at radius 2 is 1.49 bits per heavy atom. The van der Waals surface area contributed by atoms with E-state index in [1.165, 1.54) is 18.9 Å². The number of thioether (sulfide) groups is 1. The Hall–Kier alpha value is -6.44. The third-order valence-corrected chi connectivity index (χ3v) is 10.1. The number of hydrogen-bond donors (Lipinski definition) is 5. The topological polar surface area (TPSA) is 158 Å². The van der Waals surface area contributed by atoms with E-state index >= 15 is 0 Å². The van der Waals surface area contributed by atoms with Crippen LogP contribution in [0.1, 0.15) is 41.5 Å². The molecule has 6 rings (SSSR count). The first kappa shape index (κ1) is 36.4. The van der Waals surface area contributed by atoms with Gasteiger partial charge in [-0.15, -0.1) is 23.1 Å². The lowest BCUT2D eigenvalue weighted by atomic mass is 10.1. The molecule has 13 heteroatoms. The summed E-state index contributed by atoms with van der Waals surface area (Å²) in [4.78, 5) is 69.8. The van der Waals surface area contributed by atoms with Gasteiger partial charge in [-0.1, -0.05) is 60.7 Å². The van der Waals surface area contributed by atoms with Crippen LogP contribution < -0.4 is 21.3 Å². The minimum Gasteiger partial charge on any atom is -0.465 e. The zero-order valence-electron chi connectivity index (χ0n) is 28.5. The summed E-state index contributed by atoms with van der Waals surface area (Å²) < 4.78 is 4.95. The molecule has 2 aromatic heterocycles. The maximum atomic E-state index is 13.7. The van der Waals surface area contributed by atoms with Crippen LogP contribution in [-0.4, -0.2) is 47.4 Å². The van der Waals surface area contributed by atoms with Gasteiger partial charge in [-0.3, -0.25) is 19.2 Å². The van der Waals surface area contributed by atoms with Gasteiger partial charge < -0.3 is 31.0 Å². The number of anilines is 3. The van der Waals surface area contributed by atoms with Crippen LogP contribution in [0.4, 0.5) is 16.4 Å². The lowest BCUT2D eigenvalue weighted by molar-refractivity contribution is -0.114. The van der Waals surface area contributed by atoms with E-state index in [2.05, 4.69) is 26.3 Å². The van der Waals surface area contributed by atoms with Gasteiger partial charge in [0.25, 0.3) is 17.7 Å². The Morgan fingerprint density at radius 1 is 0.792 bits per heavy atom. The standard InChI is InChI=1S/C40H33N5O6S2/c1-24-34(40(50)51-2)39(53-35(24)38(49)42-27-14-7-4-8-15-27)45-33(46)23-52-29-17-11-16-28(21-29)43-37(48)32(44-36(47)25-12-5-3-6-13-25)20-26-22-41-31-19-10-9-18-30(26)31/h3-22,41H,23H2,1-2H3,(H,42,49)(H,43,48)(H,44,47)(H,45,46)/b32-20-. The molecule has 266 valence electrons. The van der Waals surface area contributed by atoms with E-state index in [4.69, 9.17) is 4.74 Å². The largest absolute Gasteiger partial charge is 0.465 e. The van der Waals surface area contributed by atoms with Crippen LogP contribution in [0.15, 0.2) is 126 Å². The first-order valence-corrected chi connectivity index (χ1v) is 18.1. The highest BCUT2D eigenvalue weighted by molar-refractivity contribution is 8.00. The number of para-hydroxylation sites is 2. The fraction of sp³-hybridized carbons (Fsp3) is 0.0750. The van der Waals surface area contributed by atoms with Crippen LogP contribution in [0.2, 0.25) is 0 Å². The predicted octanol–water partition coefficient (Wildman–Crippen LogP) is 7.72. The number of benzene rings is 4. The Balaban J connectivity index is 1.15. The summed E-state index contributed by atoms with van der Waals surface area (Å²) in [5, 5.41) is 12.3. The molecule has 0 aliphatic rings. The zero-order chi connectivity index (χ0) is 37.3. The molecule has 53 heavy (non-hydrogen) atoms. The van der Waals surface area contributed by atoms with Crippen molar-refractivity contribution in [1.29, 1.82) is 0 Å². The third-order valence-electron chi connectivity index (χ3n) is 7.94. The van der Waals surface area contributed by atoms with Gasteiger partial charge in [0.05, 0.1) is 23.3 Å². The van der Waals surface area contributed by atoms with Crippen molar-refractivity contribution in [3.63, 3.8) is 0 Å². The number of amides is 4. The van der Waals surface area contributed by atoms with Crippen molar-refractivity contribution in [2.24, 2.45) is 0 Å². The monoisotopic (exact) mass is 743 g/mol. The molecule has 2 heterocycles. The molecule has 0 radical (unpaired) electrons. The number of thiophene rings is 1. The predicted molar refractivity (Wildman–Crippen MR) is 209 cm³/mol. The fourth-order valence-electron chi connectivity index (χ4n) is 5.36. The van der Waals surface area contributed by atoms with E-state index < -0.39 is 29.6 Å². The summed E-state index contributed by atoms with van der Waals surface area (Å²) in [6, 6.07) is 32.0. The molecule has 0 aliphatic heterocycles. The molecule has 4 amide bonds. The van der Waals surface area contributed by atoms with Crippen LogP contribution in [0, 0.1) is 6.92 Å². The van der Waals surface area contributed by atoms with Crippen LogP contribution in [-0.2, 0) is 14.3 Å². The lowest BCUT2D eigenvalue weighted by Gasteiger charge is -2.12. The molecular weight excluding hydrogens is 711 g/mol. The Bertz CT molecular complexity index is 2350. The summed E-state index contributed by atoms with van der Waals surface area (Å²) in [5.74, 6) is -2.55. The maximum Gasteiger partial charge on any atom is 0.341 e. The summed E-state index contributed by atoms with van der Waals surface area (Å²) in [7, 11) is 1.23. The Kier molecular flexibility index (Phi) is 11.5. The van der Waals surface area contributed by atoms with E-state index in [1.54, 1.807) is 98.1 Å². The van der Waals surface area contributed by atoms with Gasteiger partial charge in [-0.2, -0.15) is 0 Å². The summed E-state index contributed by atoms with van der Waals surface area (Å²) in [6.07, 6.45) is 3.38. The number of ether oxygens (including phenoxy) is 1. The molecule has 0 aliphatic carbocycles. The first-order valence-electron chi connectivity index (χ1n) is 16.3. The fourth-order valence-corrected chi connectivity index (χ4v) is 7.22. The number of methoxy groups -OCH3 is 1. The molecule has 0 unspecified atom stereocenters. The van der Waals surface area contributed by atoms with Crippen molar-refractivity contribution in [3.8, 4) is 0 Å². The highest BCUT2D eigenvalue weighted by Crippen LogP contribution is 2.35. The third kappa shape index (κ3) is 8.90. The SMILES string of the molecule is COC(=O)c1c(NC(=O)CSc2cccc(NC(=O)/C(=C/c3c[nH]c4ccccc34)NC(=O)c3ccccc3)c2)sc(C(=O)Nc2ccccc2)c1C. The second-order valence-electron chi connectivity index (χ2n) is 11.6. The van der Waals surface area contributed by atoms with Crippen LogP contribution >= 0.6 is 23.1 Å². The Morgan fingerprint density at radius 3 is 2.25 bits per heavy atom. The number of aromatic nitrogens is 1. The van der Waals surface area contributed by atoms with Crippen LogP contribution in [0.5, 0.6) is 0 Å². The number of aromatic amines is 1. The molecular formula is C40H33N5O6S2. The molecule has 6 aromatic rings. The summed E-state index contributed by atoms with van der Waals surface area (Å²) in [6.45, 7) is 1.63. The first-order chi connectivity index (χ1) is 25.7. The maximum absolute atomic E-state index is 13.7. The van der Waals surface area contributed by atoms with Crippen molar-refractivity contribution >= 4 is 86.1 Å². The highest BCUT2D eigenvalue weighted by atomic mass is 32.2. The van der Waals surface area contributed by atoms with Crippen molar-refractivity contribution in [3.05, 3.63) is 148 Å². The quantitative estimate of drug-likeness (QED) is 0.0488. The highest BCUT2D eigenvalue weighted by Gasteiger charge is 2.26. The molecule has 5 N–H and O–H groups in total. The normalized spacial score (nSPS) is 11.1. The van der Waals surface area contributed by atoms with Gasteiger partial charge in [-0.25, -0.2) is 4.79 Å². The van der Waals surface area contributed by atoms with E-state index in [0.717, 1.165) is 27.8 Å². The summed E-state index contributed by atoms with van der Waals surface area (Å²) in [5.41, 5.74) is 3.55. The van der Waals surface area contributed by atoms with Gasteiger partial charge in [-0.05, 0) is 67.1 Å². The molecule has 0 bridgehead atoms. The van der Waals surface area contributed by atoms with Gasteiger partial charge >= 0.3 is 5.97 Å². The molecule has 4 aromatic carbocycles. The number of esters is 1. The van der Waals surface area contributed by atoms with E-state index in [1.807, 2.05) is 30.3 Å². The number of carbonyl (C=O) groups is 5. The lowest BCUT2D eigenvalue weighted by Crippen LogP contribution is -2.30. The second kappa shape index (κ2) is 16.7. The molecule has 0 saturated heterocycles. The smallest absolute Gasteiger partial charge is 0.341 e. The second-order valence-corrected chi connectivity index (χ2v) is 13.6. The van der Waals surface area contributed by atoms with Crippen molar-refractivity contribution in [2.75, 3.05) is 28.8 Å². The Labute approximate surface area is 312 Å². The van der Waals surface area contributed by atoms with Crippen LogP contribution in [0.3, 0.4) is 0 Å². The summed E-state index contributed by atoms with van der Waals surface area (Å²) >= 11 is 2.19. The van der Waals surface area contributed by atoms with Gasteiger partial charge in [0.15, 0.2) is 0 Å². The number of nitrogens with one attached hydrogen (secondary N) is 5. The van der Waals surface area contributed by atoms with E-state index in [-0.39, 0.29) is 26.9 Å². The van der Waals surface area contributed by atoms with Crippen molar-refractivity contribution in [1.82, 2.24) is 10.3 Å². The average molecular weight is 744 g/mol. The number of fused-ring (bicyclic) bond motifs is 1. The van der Waals surface area contributed by atoms with E-state index in [0.29, 0.717) is 27.4 Å². The van der Waals surface area contributed by atoms with Gasteiger partial charge in [0.2, 0.25) is 5.91 Å². The van der Waals surface area contributed by atoms with Gasteiger partial charge in [0, 0.05) is 44.5 Å². The number of rotatable bonds is 12. The van der Waals surface area contributed by atoms with Crippen molar-refractivity contribution < 1.29 is 28.7 Å². The zero-order valence-corrected chi connectivity index (χ0v) is 30.2. The number of hydrogen-bond acceptors (Lipinski definition) is 8. The number of H-pyrrole nitrogens is 1. The molecule has 0 fully saturated rings.